The van der Waals surface area contributed by atoms with Crippen LogP contribution in [0.3, 0.4) is 0 Å². The second-order valence-corrected chi connectivity index (χ2v) is 11.1. The second kappa shape index (κ2) is 12.9. The van der Waals surface area contributed by atoms with Gasteiger partial charge in [-0.3, -0.25) is 4.79 Å². The predicted octanol–water partition coefficient (Wildman–Crippen LogP) is 5.64. The van der Waals surface area contributed by atoms with Gasteiger partial charge in [-0.1, -0.05) is 42.5 Å². The predicted molar refractivity (Wildman–Crippen MR) is 162 cm³/mol. The topological polar surface area (TPSA) is 89.7 Å². The van der Waals surface area contributed by atoms with Crippen molar-refractivity contribution in [2.24, 2.45) is 0 Å². The van der Waals surface area contributed by atoms with Gasteiger partial charge < -0.3 is 30.2 Å². The molecule has 208 valence electrons. The first-order chi connectivity index (χ1) is 19.5. The zero-order valence-electron chi connectivity index (χ0n) is 22.9. The first-order valence-corrected chi connectivity index (χ1v) is 14.4. The summed E-state index contributed by atoms with van der Waals surface area (Å²) in [7, 11) is 3.37. The number of likely N-dealkylation sites (N-methyl/N-ethyl adjacent to an activating group) is 1. The third kappa shape index (κ3) is 6.78. The number of thioether (sulfide) groups is 1. The summed E-state index contributed by atoms with van der Waals surface area (Å²) < 4.78 is 5.15. The van der Waals surface area contributed by atoms with E-state index in [2.05, 4.69) is 56.9 Å². The molecule has 40 heavy (non-hydrogen) atoms. The minimum Gasteiger partial charge on any atom is -0.383 e. The van der Waals surface area contributed by atoms with Crippen LogP contribution in [-0.4, -0.2) is 61.4 Å². The number of carbonyl (C=O) groups is 2. The minimum absolute atomic E-state index is 0.0663. The highest BCUT2D eigenvalue weighted by Crippen LogP contribution is 2.38. The van der Waals surface area contributed by atoms with Crippen LogP contribution in [0.25, 0.3) is 10.9 Å². The van der Waals surface area contributed by atoms with Crippen molar-refractivity contribution in [3.8, 4) is 0 Å². The monoisotopic (exact) mass is 557 g/mol. The first-order valence-electron chi connectivity index (χ1n) is 13.4. The lowest BCUT2D eigenvalue weighted by atomic mass is 10.0. The van der Waals surface area contributed by atoms with Crippen LogP contribution < -0.4 is 15.5 Å². The van der Waals surface area contributed by atoms with E-state index in [1.165, 1.54) is 10.5 Å². The molecule has 3 amide bonds. The molecule has 0 bridgehead atoms. The van der Waals surface area contributed by atoms with E-state index in [1.54, 1.807) is 19.1 Å². The summed E-state index contributed by atoms with van der Waals surface area (Å²) in [5, 5.41) is 7.08. The van der Waals surface area contributed by atoms with Gasteiger partial charge in [-0.15, -0.1) is 11.8 Å². The Bertz CT molecular complexity index is 1460. The van der Waals surface area contributed by atoms with Gasteiger partial charge in [-0.25, -0.2) is 4.79 Å². The molecule has 0 radical (unpaired) electrons. The number of nitrogens with zero attached hydrogens (tertiary/aromatic N) is 2. The maximum Gasteiger partial charge on any atom is 0.319 e. The van der Waals surface area contributed by atoms with Gasteiger partial charge in [0, 0.05) is 61.8 Å². The number of rotatable bonds is 10. The Morgan fingerprint density at radius 3 is 2.77 bits per heavy atom. The lowest BCUT2D eigenvalue weighted by molar-refractivity contribution is -0.130. The summed E-state index contributed by atoms with van der Waals surface area (Å²) in [5.74, 6) is 0.945. The van der Waals surface area contributed by atoms with Crippen LogP contribution in [0.2, 0.25) is 0 Å². The Hall–Kier alpha value is -3.95. The van der Waals surface area contributed by atoms with E-state index in [-0.39, 0.29) is 18.4 Å². The molecule has 2 heterocycles. The van der Waals surface area contributed by atoms with E-state index in [4.69, 9.17) is 4.74 Å². The number of amides is 3. The lowest BCUT2D eigenvalue weighted by Crippen LogP contribution is -2.38. The molecule has 1 unspecified atom stereocenters. The molecule has 3 N–H and O–H groups in total. The first kappa shape index (κ1) is 27.6. The van der Waals surface area contributed by atoms with E-state index in [9.17, 15) is 9.59 Å². The van der Waals surface area contributed by atoms with Gasteiger partial charge >= 0.3 is 6.03 Å². The number of ether oxygens (including phenoxy) is 1. The van der Waals surface area contributed by atoms with Crippen molar-refractivity contribution in [1.82, 2.24) is 15.2 Å². The van der Waals surface area contributed by atoms with Crippen molar-refractivity contribution < 1.29 is 14.3 Å². The maximum absolute atomic E-state index is 13.2. The van der Waals surface area contributed by atoms with Gasteiger partial charge in [0.25, 0.3) is 0 Å². The number of fused-ring (bicyclic) bond motifs is 2. The highest BCUT2D eigenvalue weighted by atomic mass is 32.2. The third-order valence-corrected chi connectivity index (χ3v) is 8.16. The molecule has 5 rings (SSSR count). The summed E-state index contributed by atoms with van der Waals surface area (Å²) in [4.78, 5) is 34.8. The lowest BCUT2D eigenvalue weighted by Gasteiger charge is -2.32. The number of H-pyrrole nitrogens is 1. The number of aromatic nitrogens is 1. The molecule has 1 atom stereocenters. The van der Waals surface area contributed by atoms with Crippen LogP contribution in [0.15, 0.2) is 83.9 Å². The summed E-state index contributed by atoms with van der Waals surface area (Å²) >= 11 is 1.84. The Labute approximate surface area is 239 Å². The molecule has 1 aromatic heterocycles. The number of carbonyl (C=O) groups excluding carboxylic acids is 2. The van der Waals surface area contributed by atoms with Crippen molar-refractivity contribution in [3.63, 3.8) is 0 Å². The molecule has 4 aromatic rings. The van der Waals surface area contributed by atoms with Crippen LogP contribution in [0.4, 0.5) is 16.2 Å². The molecular weight excluding hydrogens is 522 g/mol. The summed E-state index contributed by atoms with van der Waals surface area (Å²) in [5.41, 5.74) is 4.87. The number of hydrogen-bond acceptors (Lipinski definition) is 5. The van der Waals surface area contributed by atoms with E-state index >= 15 is 0 Å². The molecule has 0 spiro atoms. The van der Waals surface area contributed by atoms with Gasteiger partial charge in [0.2, 0.25) is 5.91 Å². The van der Waals surface area contributed by atoms with Crippen molar-refractivity contribution in [1.29, 1.82) is 0 Å². The Morgan fingerprint density at radius 1 is 1.10 bits per heavy atom. The van der Waals surface area contributed by atoms with Gasteiger partial charge in [-0.2, -0.15) is 0 Å². The fourth-order valence-corrected chi connectivity index (χ4v) is 5.89. The van der Waals surface area contributed by atoms with Crippen LogP contribution in [-0.2, 0) is 16.1 Å². The molecule has 1 aliphatic rings. The normalized spacial score (nSPS) is 13.5. The number of aromatic amines is 1. The molecule has 0 aliphatic carbocycles. The number of hydrogen-bond donors (Lipinski definition) is 3. The highest BCUT2D eigenvalue weighted by molar-refractivity contribution is 7.99. The maximum atomic E-state index is 13.2. The van der Waals surface area contributed by atoms with Crippen LogP contribution in [0.5, 0.6) is 0 Å². The molecular formula is C31H35N5O3S. The highest BCUT2D eigenvalue weighted by Gasteiger charge is 2.24. The van der Waals surface area contributed by atoms with E-state index in [1.807, 2.05) is 54.4 Å². The zero-order valence-corrected chi connectivity index (χ0v) is 23.7. The smallest absolute Gasteiger partial charge is 0.319 e. The molecule has 0 fully saturated rings. The van der Waals surface area contributed by atoms with E-state index < -0.39 is 6.04 Å². The Kier molecular flexibility index (Phi) is 8.93. The number of urea groups is 1. The van der Waals surface area contributed by atoms with Crippen molar-refractivity contribution in [3.05, 3.63) is 90.1 Å². The average Bonchev–Trinajstić information content (AvgIpc) is 3.44. The van der Waals surface area contributed by atoms with Gasteiger partial charge in [0.15, 0.2) is 0 Å². The summed E-state index contributed by atoms with van der Waals surface area (Å²) in [6.45, 7) is 2.66. The van der Waals surface area contributed by atoms with Crippen molar-refractivity contribution in [2.75, 3.05) is 49.8 Å². The summed E-state index contributed by atoms with van der Waals surface area (Å²) in [6, 6.07) is 23.5. The third-order valence-electron chi connectivity index (χ3n) is 7.11. The molecule has 8 nitrogen and oxygen atoms in total. The fourth-order valence-electron chi connectivity index (χ4n) is 4.86. The largest absolute Gasteiger partial charge is 0.383 e. The summed E-state index contributed by atoms with van der Waals surface area (Å²) in [6.07, 6.45) is 2.00. The van der Waals surface area contributed by atoms with Crippen molar-refractivity contribution >= 4 is 46.0 Å². The molecule has 3 aromatic carbocycles. The van der Waals surface area contributed by atoms with E-state index in [0.717, 1.165) is 41.0 Å². The quantitative estimate of drug-likeness (QED) is 0.235. The van der Waals surface area contributed by atoms with Gasteiger partial charge in [-0.05, 0) is 46.8 Å². The second-order valence-electron chi connectivity index (χ2n) is 9.93. The number of methoxy groups -OCH3 is 1. The SMILES string of the molecule is COCCN(C)C(=O)CC(NC(=O)Nc1ccc2cc[nH]c2c1)c1ccc2c(c1)N(Cc1ccccc1)CCS2. The van der Waals surface area contributed by atoms with Crippen LogP contribution >= 0.6 is 11.8 Å². The Balaban J connectivity index is 1.38. The molecule has 9 heteroatoms. The minimum atomic E-state index is -0.512. The molecule has 0 saturated heterocycles. The van der Waals surface area contributed by atoms with Crippen molar-refractivity contribution in [2.45, 2.75) is 23.9 Å². The average molecular weight is 558 g/mol. The zero-order chi connectivity index (χ0) is 27.9. The molecule has 0 saturated carbocycles. The number of benzene rings is 3. The van der Waals surface area contributed by atoms with Crippen LogP contribution in [0, 0.1) is 0 Å². The van der Waals surface area contributed by atoms with E-state index in [0.29, 0.717) is 18.8 Å². The number of nitrogens with one attached hydrogen (secondary N) is 3. The van der Waals surface area contributed by atoms with Gasteiger partial charge in [0.05, 0.1) is 24.8 Å². The van der Waals surface area contributed by atoms with Gasteiger partial charge in [0.1, 0.15) is 0 Å². The fraction of sp³-hybridized carbons (Fsp3) is 0.290. The van der Waals surface area contributed by atoms with Crippen LogP contribution in [0.1, 0.15) is 23.6 Å². The molecule has 1 aliphatic heterocycles. The standard InChI is InChI=1S/C31H35N5O3S/c1-35(14-16-39-2)30(37)20-27(34-31(38)33-25-10-8-23-12-13-32-26(23)19-25)24-9-11-29-28(18-24)36(15-17-40-29)21-22-6-4-3-5-7-22/h3-13,18-19,27,32H,14-17,20-21H2,1-2H3,(H2,33,34,38). The number of anilines is 2. The Morgan fingerprint density at radius 2 is 1.95 bits per heavy atom.